The van der Waals surface area contributed by atoms with E-state index in [1.54, 1.807) is 0 Å². The van der Waals surface area contributed by atoms with E-state index in [9.17, 15) is 0 Å². The first kappa shape index (κ1) is 13.4. The van der Waals surface area contributed by atoms with Crippen LogP contribution in [0.1, 0.15) is 27.8 Å². The highest BCUT2D eigenvalue weighted by Gasteiger charge is 2.29. The van der Waals surface area contributed by atoms with Gasteiger partial charge in [-0.05, 0) is 75.0 Å². The molecule has 0 nitrogen and oxygen atoms in total. The third kappa shape index (κ3) is 1.72. The van der Waals surface area contributed by atoms with Crippen molar-refractivity contribution < 1.29 is 0 Å². The van der Waals surface area contributed by atoms with Crippen molar-refractivity contribution in [3.63, 3.8) is 0 Å². The fourth-order valence-corrected chi connectivity index (χ4v) is 4.89. The standard InChI is InChI=1S/C25H18/c1-15-6-10-21-19(12-15)13-17-9-11-22-23(25(17)21)14-18-8-7-16-4-2-3-5-20(16)24(18)22/h2-12H,13-14H2,1H3. The zero-order valence-corrected chi connectivity index (χ0v) is 14.3. The summed E-state index contributed by atoms with van der Waals surface area (Å²) in [5.74, 6) is 0. The Kier molecular flexibility index (Phi) is 2.48. The van der Waals surface area contributed by atoms with Gasteiger partial charge in [-0.25, -0.2) is 0 Å². The Bertz CT molecular complexity index is 1190. The summed E-state index contributed by atoms with van der Waals surface area (Å²) < 4.78 is 0. The van der Waals surface area contributed by atoms with Crippen LogP contribution in [-0.2, 0) is 12.8 Å². The summed E-state index contributed by atoms with van der Waals surface area (Å²) in [5, 5.41) is 2.73. The van der Waals surface area contributed by atoms with E-state index in [4.69, 9.17) is 0 Å². The number of fused-ring (bicyclic) bond motifs is 9. The molecule has 0 bridgehead atoms. The quantitative estimate of drug-likeness (QED) is 0.309. The molecule has 0 saturated carbocycles. The van der Waals surface area contributed by atoms with Crippen LogP contribution >= 0.6 is 0 Å². The monoisotopic (exact) mass is 318 g/mol. The van der Waals surface area contributed by atoms with Crippen LogP contribution < -0.4 is 0 Å². The van der Waals surface area contributed by atoms with E-state index in [1.165, 1.54) is 60.8 Å². The molecule has 0 aromatic heterocycles. The molecule has 0 heteroatoms. The molecule has 0 heterocycles. The van der Waals surface area contributed by atoms with E-state index >= 15 is 0 Å². The number of benzene rings is 4. The molecule has 118 valence electrons. The van der Waals surface area contributed by atoms with Gasteiger partial charge >= 0.3 is 0 Å². The van der Waals surface area contributed by atoms with Gasteiger partial charge in [0.25, 0.3) is 0 Å². The van der Waals surface area contributed by atoms with E-state index in [1.807, 2.05) is 0 Å². The normalized spacial score (nSPS) is 13.5. The fraction of sp³-hybridized carbons (Fsp3) is 0.120. The molecular weight excluding hydrogens is 300 g/mol. The molecule has 4 aromatic carbocycles. The highest BCUT2D eigenvalue weighted by Crippen LogP contribution is 2.49. The molecule has 0 fully saturated rings. The lowest BCUT2D eigenvalue weighted by atomic mass is 9.94. The lowest BCUT2D eigenvalue weighted by Crippen LogP contribution is -1.88. The van der Waals surface area contributed by atoms with E-state index in [0.29, 0.717) is 0 Å². The number of hydrogen-bond acceptors (Lipinski definition) is 0. The Hall–Kier alpha value is -2.86. The predicted molar refractivity (Wildman–Crippen MR) is 105 cm³/mol. The van der Waals surface area contributed by atoms with Gasteiger partial charge in [-0.1, -0.05) is 72.3 Å². The summed E-state index contributed by atoms with van der Waals surface area (Å²) >= 11 is 0. The summed E-state index contributed by atoms with van der Waals surface area (Å²) in [6, 6.07) is 25.1. The second kappa shape index (κ2) is 4.61. The lowest BCUT2D eigenvalue weighted by Gasteiger charge is -2.10. The van der Waals surface area contributed by atoms with Gasteiger partial charge in [-0.15, -0.1) is 0 Å². The van der Waals surface area contributed by atoms with Crippen LogP contribution in [0.5, 0.6) is 0 Å². The average Bonchev–Trinajstić information content (AvgIpc) is 3.18. The third-order valence-electron chi connectivity index (χ3n) is 5.96. The van der Waals surface area contributed by atoms with Gasteiger partial charge < -0.3 is 0 Å². The Labute approximate surface area is 147 Å². The van der Waals surface area contributed by atoms with Crippen molar-refractivity contribution >= 4 is 10.8 Å². The second-order valence-corrected chi connectivity index (χ2v) is 7.46. The summed E-state index contributed by atoms with van der Waals surface area (Å²) in [4.78, 5) is 0. The Morgan fingerprint density at radius 1 is 0.640 bits per heavy atom. The number of aryl methyl sites for hydroxylation is 1. The maximum Gasteiger partial charge on any atom is -0.000695 e. The molecule has 0 amide bonds. The highest BCUT2D eigenvalue weighted by molar-refractivity contribution is 6.03. The summed E-state index contributed by atoms with van der Waals surface area (Å²) in [6.07, 6.45) is 2.14. The van der Waals surface area contributed by atoms with Crippen molar-refractivity contribution in [2.45, 2.75) is 19.8 Å². The van der Waals surface area contributed by atoms with Crippen LogP contribution in [0.3, 0.4) is 0 Å². The average molecular weight is 318 g/mol. The van der Waals surface area contributed by atoms with Gasteiger partial charge in [0.1, 0.15) is 0 Å². The first-order valence-corrected chi connectivity index (χ1v) is 9.05. The van der Waals surface area contributed by atoms with Crippen molar-refractivity contribution in [3.05, 3.63) is 94.5 Å². The molecule has 0 aliphatic heterocycles. The minimum absolute atomic E-state index is 1.06. The summed E-state index contributed by atoms with van der Waals surface area (Å²) in [5.41, 5.74) is 13.2. The molecule has 0 radical (unpaired) electrons. The Morgan fingerprint density at radius 3 is 2.40 bits per heavy atom. The number of rotatable bonds is 0. The zero-order valence-electron chi connectivity index (χ0n) is 14.3. The van der Waals surface area contributed by atoms with Crippen molar-refractivity contribution in [2.75, 3.05) is 0 Å². The second-order valence-electron chi connectivity index (χ2n) is 7.46. The van der Waals surface area contributed by atoms with Crippen LogP contribution in [0.4, 0.5) is 0 Å². The minimum Gasteiger partial charge on any atom is -0.0616 e. The molecule has 0 spiro atoms. The molecule has 2 aliphatic rings. The van der Waals surface area contributed by atoms with Crippen LogP contribution in [0, 0.1) is 6.92 Å². The van der Waals surface area contributed by atoms with E-state index in [-0.39, 0.29) is 0 Å². The zero-order chi connectivity index (χ0) is 16.5. The SMILES string of the molecule is Cc1ccc2c(c1)Cc1ccc3c(c1-2)Cc1ccc2ccccc2c1-3. The molecule has 0 atom stereocenters. The van der Waals surface area contributed by atoms with Gasteiger partial charge in [0.2, 0.25) is 0 Å². The van der Waals surface area contributed by atoms with Crippen molar-refractivity contribution in [1.29, 1.82) is 0 Å². The van der Waals surface area contributed by atoms with E-state index in [2.05, 4.69) is 73.7 Å². The fourth-order valence-electron chi connectivity index (χ4n) is 4.89. The van der Waals surface area contributed by atoms with Gasteiger partial charge in [0, 0.05) is 0 Å². The molecule has 0 unspecified atom stereocenters. The van der Waals surface area contributed by atoms with E-state index in [0.717, 1.165) is 12.8 Å². The van der Waals surface area contributed by atoms with Crippen molar-refractivity contribution in [2.24, 2.45) is 0 Å². The van der Waals surface area contributed by atoms with Crippen LogP contribution in [0.25, 0.3) is 33.0 Å². The van der Waals surface area contributed by atoms with Crippen molar-refractivity contribution in [1.82, 2.24) is 0 Å². The van der Waals surface area contributed by atoms with E-state index < -0.39 is 0 Å². The van der Waals surface area contributed by atoms with Crippen LogP contribution in [0.2, 0.25) is 0 Å². The predicted octanol–water partition coefficient (Wildman–Crippen LogP) is 6.29. The first-order chi connectivity index (χ1) is 12.3. The lowest BCUT2D eigenvalue weighted by molar-refractivity contribution is 1.23. The molecule has 25 heavy (non-hydrogen) atoms. The Morgan fingerprint density at radius 2 is 1.44 bits per heavy atom. The van der Waals surface area contributed by atoms with Crippen LogP contribution in [-0.4, -0.2) is 0 Å². The molecular formula is C25H18. The van der Waals surface area contributed by atoms with Gasteiger partial charge in [-0.3, -0.25) is 0 Å². The topological polar surface area (TPSA) is 0 Å². The third-order valence-corrected chi connectivity index (χ3v) is 5.96. The number of hydrogen-bond donors (Lipinski definition) is 0. The maximum atomic E-state index is 2.37. The maximum absolute atomic E-state index is 2.37. The molecule has 4 aromatic rings. The summed E-state index contributed by atoms with van der Waals surface area (Å²) in [6.45, 7) is 2.19. The largest absolute Gasteiger partial charge is 0.0616 e. The van der Waals surface area contributed by atoms with Gasteiger partial charge in [-0.2, -0.15) is 0 Å². The highest BCUT2D eigenvalue weighted by atomic mass is 14.3. The van der Waals surface area contributed by atoms with Gasteiger partial charge in [0.05, 0.1) is 0 Å². The first-order valence-electron chi connectivity index (χ1n) is 9.05. The molecule has 6 rings (SSSR count). The minimum atomic E-state index is 1.06. The van der Waals surface area contributed by atoms with Crippen LogP contribution in [0.15, 0.2) is 66.7 Å². The van der Waals surface area contributed by atoms with Crippen molar-refractivity contribution in [3.8, 4) is 22.3 Å². The van der Waals surface area contributed by atoms with Gasteiger partial charge in [0.15, 0.2) is 0 Å². The molecule has 0 saturated heterocycles. The molecule has 2 aliphatic carbocycles. The smallest absolute Gasteiger partial charge is 0.000695 e. The Balaban J connectivity index is 1.67. The summed E-state index contributed by atoms with van der Waals surface area (Å²) in [7, 11) is 0. The molecule has 0 N–H and O–H groups in total.